The molecule has 106 valence electrons. The number of nitrogens with zero attached hydrogens (tertiary/aromatic N) is 3. The van der Waals surface area contributed by atoms with Gasteiger partial charge in [-0.25, -0.2) is 4.79 Å². The first-order chi connectivity index (χ1) is 10.1. The second-order valence-electron chi connectivity index (χ2n) is 4.27. The SMILES string of the molecule is O=C(O)c1cccc2nnc(COc3ccc(Cl)cc3)n12. The number of halogens is 1. The monoisotopic (exact) mass is 303 g/mol. The maximum atomic E-state index is 11.2. The Labute approximate surface area is 124 Å². The minimum Gasteiger partial charge on any atom is -0.486 e. The van der Waals surface area contributed by atoms with Crippen molar-refractivity contribution in [3.05, 3.63) is 59.0 Å². The highest BCUT2D eigenvalue weighted by atomic mass is 35.5. The van der Waals surface area contributed by atoms with Crippen LogP contribution in [0.1, 0.15) is 16.3 Å². The Hall–Kier alpha value is -2.60. The van der Waals surface area contributed by atoms with Gasteiger partial charge in [0.1, 0.15) is 18.1 Å². The van der Waals surface area contributed by atoms with Crippen LogP contribution in [0.2, 0.25) is 5.02 Å². The number of benzene rings is 1. The lowest BCUT2D eigenvalue weighted by molar-refractivity contribution is 0.0688. The van der Waals surface area contributed by atoms with Gasteiger partial charge in [0.05, 0.1) is 0 Å². The van der Waals surface area contributed by atoms with Crippen LogP contribution in [0, 0.1) is 0 Å². The number of hydrogen-bond donors (Lipinski definition) is 1. The summed E-state index contributed by atoms with van der Waals surface area (Å²) in [5.41, 5.74) is 0.553. The van der Waals surface area contributed by atoms with Crippen LogP contribution in [-0.4, -0.2) is 25.7 Å². The third-order valence-corrected chi connectivity index (χ3v) is 3.15. The molecule has 0 fully saturated rings. The van der Waals surface area contributed by atoms with Gasteiger partial charge in [-0.3, -0.25) is 4.40 Å². The van der Waals surface area contributed by atoms with E-state index >= 15 is 0 Å². The number of aromatic carboxylic acids is 1. The third-order valence-electron chi connectivity index (χ3n) is 2.90. The molecule has 2 heterocycles. The molecule has 2 aromatic heterocycles. The van der Waals surface area contributed by atoms with Crippen LogP contribution in [0.25, 0.3) is 5.65 Å². The van der Waals surface area contributed by atoms with Crippen LogP contribution >= 0.6 is 11.6 Å². The van der Waals surface area contributed by atoms with Crippen LogP contribution in [-0.2, 0) is 6.61 Å². The van der Waals surface area contributed by atoms with Crippen molar-refractivity contribution < 1.29 is 14.6 Å². The molecule has 0 amide bonds. The van der Waals surface area contributed by atoms with Crippen molar-refractivity contribution in [3.63, 3.8) is 0 Å². The van der Waals surface area contributed by atoms with E-state index in [-0.39, 0.29) is 12.3 Å². The molecular weight excluding hydrogens is 294 g/mol. The fourth-order valence-electron chi connectivity index (χ4n) is 1.94. The summed E-state index contributed by atoms with van der Waals surface area (Å²) in [5, 5.41) is 17.7. The van der Waals surface area contributed by atoms with E-state index in [4.69, 9.17) is 16.3 Å². The van der Waals surface area contributed by atoms with Gasteiger partial charge < -0.3 is 9.84 Å². The van der Waals surface area contributed by atoms with Crippen molar-refractivity contribution in [3.8, 4) is 5.75 Å². The fraction of sp³-hybridized carbons (Fsp3) is 0.0714. The zero-order valence-electron chi connectivity index (χ0n) is 10.7. The summed E-state index contributed by atoms with van der Waals surface area (Å²) >= 11 is 5.80. The van der Waals surface area contributed by atoms with Crippen LogP contribution in [0.3, 0.4) is 0 Å². The Bertz CT molecular complexity index is 799. The smallest absolute Gasteiger partial charge is 0.352 e. The summed E-state index contributed by atoms with van der Waals surface area (Å²) in [7, 11) is 0. The van der Waals surface area contributed by atoms with Crippen LogP contribution < -0.4 is 4.74 Å². The predicted molar refractivity (Wildman–Crippen MR) is 75.7 cm³/mol. The van der Waals surface area contributed by atoms with Gasteiger partial charge in [0.25, 0.3) is 0 Å². The lowest BCUT2D eigenvalue weighted by atomic mass is 10.3. The molecule has 0 aliphatic heterocycles. The zero-order chi connectivity index (χ0) is 14.8. The molecule has 3 aromatic rings. The van der Waals surface area contributed by atoms with Crippen LogP contribution in [0.5, 0.6) is 5.75 Å². The first-order valence-electron chi connectivity index (χ1n) is 6.10. The van der Waals surface area contributed by atoms with Gasteiger partial charge in [-0.15, -0.1) is 10.2 Å². The van der Waals surface area contributed by atoms with E-state index in [0.29, 0.717) is 22.2 Å². The highest BCUT2D eigenvalue weighted by Gasteiger charge is 2.14. The van der Waals surface area contributed by atoms with Gasteiger partial charge in [-0.05, 0) is 36.4 Å². The summed E-state index contributed by atoms with van der Waals surface area (Å²) < 4.78 is 7.03. The van der Waals surface area contributed by atoms with Crippen molar-refractivity contribution in [2.75, 3.05) is 0 Å². The van der Waals surface area contributed by atoms with Gasteiger partial charge in [-0.1, -0.05) is 17.7 Å². The average Bonchev–Trinajstić information content (AvgIpc) is 2.90. The molecule has 0 saturated carbocycles. The summed E-state index contributed by atoms with van der Waals surface area (Å²) in [4.78, 5) is 11.2. The van der Waals surface area contributed by atoms with Gasteiger partial charge in [-0.2, -0.15) is 0 Å². The molecular formula is C14H10ClN3O3. The molecule has 6 nitrogen and oxygen atoms in total. The minimum atomic E-state index is -1.05. The molecule has 0 bridgehead atoms. The molecule has 0 radical (unpaired) electrons. The van der Waals surface area contributed by atoms with E-state index in [1.165, 1.54) is 10.5 Å². The predicted octanol–water partition coefficient (Wildman–Crippen LogP) is 2.66. The standard InChI is InChI=1S/C14H10ClN3O3/c15-9-4-6-10(7-5-9)21-8-13-17-16-12-3-1-2-11(14(19)20)18(12)13/h1-7H,8H2,(H,19,20). The normalized spacial score (nSPS) is 10.7. The quantitative estimate of drug-likeness (QED) is 0.802. The van der Waals surface area contributed by atoms with Crippen LogP contribution in [0.4, 0.5) is 0 Å². The number of fused-ring (bicyclic) bond motifs is 1. The number of carboxylic acid groups (broad SMARTS) is 1. The molecule has 0 spiro atoms. The highest BCUT2D eigenvalue weighted by Crippen LogP contribution is 2.17. The molecule has 21 heavy (non-hydrogen) atoms. The van der Waals surface area contributed by atoms with Gasteiger partial charge in [0.15, 0.2) is 11.5 Å². The summed E-state index contributed by atoms with van der Waals surface area (Å²) in [5.74, 6) is -0.0185. The summed E-state index contributed by atoms with van der Waals surface area (Å²) in [6.07, 6.45) is 0. The van der Waals surface area contributed by atoms with Gasteiger partial charge >= 0.3 is 5.97 Å². The zero-order valence-corrected chi connectivity index (χ0v) is 11.5. The van der Waals surface area contributed by atoms with E-state index < -0.39 is 5.97 Å². The lowest BCUT2D eigenvalue weighted by Crippen LogP contribution is -2.09. The molecule has 1 N–H and O–H groups in total. The Morgan fingerprint density at radius 3 is 2.67 bits per heavy atom. The molecule has 0 atom stereocenters. The second kappa shape index (κ2) is 5.41. The van der Waals surface area contributed by atoms with E-state index in [0.717, 1.165) is 0 Å². The van der Waals surface area contributed by atoms with Crippen molar-refractivity contribution >= 4 is 23.2 Å². The summed E-state index contributed by atoms with van der Waals surface area (Å²) in [6.45, 7) is 0.104. The molecule has 0 unspecified atom stereocenters. The van der Waals surface area contributed by atoms with Crippen molar-refractivity contribution in [1.82, 2.24) is 14.6 Å². The number of ether oxygens (including phenoxy) is 1. The highest BCUT2D eigenvalue weighted by molar-refractivity contribution is 6.30. The van der Waals surface area contributed by atoms with Crippen molar-refractivity contribution in [1.29, 1.82) is 0 Å². The van der Waals surface area contributed by atoms with E-state index in [1.807, 2.05) is 0 Å². The topological polar surface area (TPSA) is 76.7 Å². The number of pyridine rings is 1. The first-order valence-corrected chi connectivity index (χ1v) is 6.47. The van der Waals surface area contributed by atoms with Gasteiger partial charge in [0, 0.05) is 5.02 Å². The number of aromatic nitrogens is 3. The summed E-state index contributed by atoms with van der Waals surface area (Å²) in [6, 6.07) is 11.7. The Morgan fingerprint density at radius 1 is 1.19 bits per heavy atom. The second-order valence-corrected chi connectivity index (χ2v) is 4.71. The fourth-order valence-corrected chi connectivity index (χ4v) is 2.07. The van der Waals surface area contributed by atoms with Gasteiger partial charge in [0.2, 0.25) is 0 Å². The molecule has 0 aliphatic rings. The minimum absolute atomic E-state index is 0.0900. The molecule has 1 aromatic carbocycles. The third kappa shape index (κ3) is 2.66. The molecule has 7 heteroatoms. The molecule has 0 aliphatic carbocycles. The maximum absolute atomic E-state index is 11.2. The van der Waals surface area contributed by atoms with Crippen molar-refractivity contribution in [2.24, 2.45) is 0 Å². The lowest BCUT2D eigenvalue weighted by Gasteiger charge is -2.06. The molecule has 0 saturated heterocycles. The average molecular weight is 304 g/mol. The maximum Gasteiger partial charge on any atom is 0.352 e. The molecule has 3 rings (SSSR count). The Balaban J connectivity index is 1.90. The Morgan fingerprint density at radius 2 is 1.95 bits per heavy atom. The number of carboxylic acids is 1. The van der Waals surface area contributed by atoms with E-state index in [1.54, 1.807) is 36.4 Å². The number of hydrogen-bond acceptors (Lipinski definition) is 4. The van der Waals surface area contributed by atoms with Crippen LogP contribution in [0.15, 0.2) is 42.5 Å². The first kappa shape index (κ1) is 13.4. The number of carbonyl (C=O) groups is 1. The van der Waals surface area contributed by atoms with Crippen molar-refractivity contribution in [2.45, 2.75) is 6.61 Å². The van der Waals surface area contributed by atoms with E-state index in [2.05, 4.69) is 10.2 Å². The Kier molecular flexibility index (Phi) is 3.45. The number of rotatable bonds is 4. The van der Waals surface area contributed by atoms with E-state index in [9.17, 15) is 9.90 Å². The largest absolute Gasteiger partial charge is 0.486 e.